The zero-order chi connectivity index (χ0) is 31.2. The highest BCUT2D eigenvalue weighted by Crippen LogP contribution is 2.46. The normalized spacial score (nSPS) is 18.3. The Balaban J connectivity index is 1.73. The maximum atomic E-state index is 13.6. The summed E-state index contributed by atoms with van der Waals surface area (Å²) in [6.07, 6.45) is 3.53. The highest BCUT2D eigenvalue weighted by Gasteiger charge is 2.35. The number of carbonyl (C=O) groups is 3. The van der Waals surface area contributed by atoms with Gasteiger partial charge in [-0.1, -0.05) is 47.3 Å². The van der Waals surface area contributed by atoms with Crippen molar-refractivity contribution in [2.75, 3.05) is 18.0 Å². The second kappa shape index (κ2) is 12.5. The van der Waals surface area contributed by atoms with Crippen molar-refractivity contribution < 1.29 is 24.6 Å². The lowest BCUT2D eigenvalue weighted by molar-refractivity contribution is -0.140. The van der Waals surface area contributed by atoms with E-state index in [2.05, 4.69) is 4.90 Å². The van der Waals surface area contributed by atoms with E-state index in [1.807, 2.05) is 31.2 Å². The summed E-state index contributed by atoms with van der Waals surface area (Å²) in [4.78, 5) is 67.0. The number of hydrogen-bond acceptors (Lipinski definition) is 11. The number of thiazole rings is 2. The van der Waals surface area contributed by atoms with Crippen molar-refractivity contribution in [2.24, 2.45) is 0 Å². The molecule has 0 bridgehead atoms. The van der Waals surface area contributed by atoms with Crippen molar-refractivity contribution in [3.8, 4) is 0 Å². The lowest BCUT2D eigenvalue weighted by atomic mass is 10.3. The Morgan fingerprint density at radius 1 is 0.907 bits per heavy atom. The minimum absolute atomic E-state index is 0.0199. The van der Waals surface area contributed by atoms with E-state index in [4.69, 9.17) is 23.8 Å². The van der Waals surface area contributed by atoms with Gasteiger partial charge in [-0.05, 0) is 44.2 Å². The van der Waals surface area contributed by atoms with Crippen LogP contribution in [0, 0.1) is 9.20 Å². The first-order valence-electron chi connectivity index (χ1n) is 12.6. The molecule has 3 aromatic rings. The van der Waals surface area contributed by atoms with E-state index in [0.717, 1.165) is 59.5 Å². The van der Waals surface area contributed by atoms with Crippen LogP contribution in [-0.4, -0.2) is 59.5 Å². The van der Waals surface area contributed by atoms with Gasteiger partial charge in [0.15, 0.2) is 0 Å². The number of fused-ring (bicyclic) bond motifs is 1. The molecule has 0 atom stereocenters. The van der Waals surface area contributed by atoms with E-state index in [1.54, 1.807) is 24.8 Å². The summed E-state index contributed by atoms with van der Waals surface area (Å²) < 4.78 is 3.16. The number of hydrogen-bond donors (Lipinski definition) is 2. The molecule has 1 aromatic carbocycles. The molecule has 0 saturated carbocycles. The smallest absolute Gasteiger partial charge is 0.323 e. The number of thiocarbonyl (C=S) groups is 1. The summed E-state index contributed by atoms with van der Waals surface area (Å²) in [6.45, 7) is 3.27. The molecule has 0 radical (unpaired) electrons. The number of halogens is 1. The van der Waals surface area contributed by atoms with Gasteiger partial charge in [0.1, 0.15) is 36.2 Å². The summed E-state index contributed by atoms with van der Waals surface area (Å²) in [5, 5.41) is 20.2. The van der Waals surface area contributed by atoms with Gasteiger partial charge in [0.25, 0.3) is 17.0 Å². The van der Waals surface area contributed by atoms with Gasteiger partial charge in [0.2, 0.25) is 0 Å². The number of benzene rings is 1. The zero-order valence-corrected chi connectivity index (χ0v) is 27.2. The highest BCUT2D eigenvalue weighted by atomic mass is 35.5. The third-order valence-electron chi connectivity index (χ3n) is 6.32. The Morgan fingerprint density at radius 2 is 1.63 bits per heavy atom. The van der Waals surface area contributed by atoms with Gasteiger partial charge >= 0.3 is 11.9 Å². The molecule has 0 spiro atoms. The van der Waals surface area contributed by atoms with Gasteiger partial charge in [0, 0.05) is 23.0 Å². The SMILES string of the molecule is CCN1/C(=C\C=c2\s/c(=c3\s/c(=C4/SC(=S)N(CC(=O)O)C4=O)n(CC(=O)O)c3=O)n(CC)c2=O)Sc2ccc(Cl)cc21. The number of aromatic nitrogens is 2. The molecule has 1 fully saturated rings. The molecule has 17 heteroatoms. The first-order chi connectivity index (χ1) is 20.4. The van der Waals surface area contributed by atoms with E-state index >= 15 is 0 Å². The number of thioether (sulfide) groups is 2. The molecule has 11 nitrogen and oxygen atoms in total. The lowest BCUT2D eigenvalue weighted by Crippen LogP contribution is -2.35. The number of aliphatic carboxylic acids is 2. The van der Waals surface area contributed by atoms with Gasteiger partial charge in [-0.2, -0.15) is 0 Å². The summed E-state index contributed by atoms with van der Waals surface area (Å²) >= 11 is 15.7. The number of amides is 1. The molecule has 4 heterocycles. The van der Waals surface area contributed by atoms with Crippen LogP contribution in [0.3, 0.4) is 0 Å². The fourth-order valence-electron chi connectivity index (χ4n) is 4.45. The maximum Gasteiger partial charge on any atom is 0.323 e. The zero-order valence-electron chi connectivity index (χ0n) is 22.4. The molecule has 1 saturated heterocycles. The van der Waals surface area contributed by atoms with Gasteiger partial charge < -0.3 is 15.1 Å². The van der Waals surface area contributed by atoms with Crippen molar-refractivity contribution in [3.05, 3.63) is 73.4 Å². The molecular formula is C26H21ClN4O7S5. The van der Waals surface area contributed by atoms with Crippen LogP contribution in [0.1, 0.15) is 13.8 Å². The second-order valence-corrected chi connectivity index (χ2v) is 14.1. The fraction of sp³-hybridized carbons (Fsp3) is 0.231. The van der Waals surface area contributed by atoms with Crippen LogP contribution in [0.15, 0.2) is 43.8 Å². The standard InChI is InChI=1S/C26H21ClN4O7S5/c1-3-28-13-9-12(27)5-6-14(13)40-16(28)8-7-15-21(36)29(4-2)24(41-15)19-22(37)30(10-17(32)33)25(42-19)20-23(38)31(11-18(34)35)26(39)43-20/h5-9H,3-4,10-11H2,1-2H3,(H,32,33)(H,34,35)/b15-7+,16-8+,24-19-,25-20+. The average molecular weight is 697 g/mol. The Hall–Kier alpha value is -3.15. The highest BCUT2D eigenvalue weighted by molar-refractivity contribution is 8.30. The van der Waals surface area contributed by atoms with Crippen LogP contribution in [0.2, 0.25) is 5.02 Å². The Bertz CT molecular complexity index is 2100. The lowest BCUT2D eigenvalue weighted by Gasteiger charge is -2.17. The Kier molecular flexibility index (Phi) is 9.06. The molecule has 0 unspecified atom stereocenters. The number of nitrogens with zero attached hydrogens (tertiary/aromatic N) is 4. The van der Waals surface area contributed by atoms with E-state index in [0.29, 0.717) is 20.8 Å². The van der Waals surface area contributed by atoms with Gasteiger partial charge in [-0.15, -0.1) is 22.7 Å². The predicted molar refractivity (Wildman–Crippen MR) is 173 cm³/mol. The molecular weight excluding hydrogens is 676 g/mol. The summed E-state index contributed by atoms with van der Waals surface area (Å²) in [5.74, 6) is -3.33. The number of carboxylic acids is 2. The maximum absolute atomic E-state index is 13.6. The third kappa shape index (κ3) is 5.86. The van der Waals surface area contributed by atoms with Crippen LogP contribution in [-0.2, 0) is 27.5 Å². The molecule has 2 aliphatic heterocycles. The first-order valence-corrected chi connectivity index (χ1v) is 16.6. The van der Waals surface area contributed by atoms with Crippen molar-refractivity contribution in [3.63, 3.8) is 0 Å². The number of carboxylic acid groups (broad SMARTS) is 2. The summed E-state index contributed by atoms with van der Waals surface area (Å²) in [6, 6.07) is 5.64. The number of anilines is 1. The van der Waals surface area contributed by atoms with Crippen LogP contribution >= 0.6 is 70.0 Å². The Labute approximate surface area is 269 Å². The van der Waals surface area contributed by atoms with Crippen LogP contribution in [0.25, 0.3) is 11.0 Å². The minimum atomic E-state index is -1.31. The van der Waals surface area contributed by atoms with Gasteiger partial charge in [0.05, 0.1) is 15.2 Å². The molecule has 2 N–H and O–H groups in total. The van der Waals surface area contributed by atoms with Crippen molar-refractivity contribution >= 4 is 109 Å². The molecule has 2 aliphatic rings. The molecule has 5 rings (SSSR count). The molecule has 224 valence electrons. The monoisotopic (exact) mass is 696 g/mol. The number of allylic oxidation sites excluding steroid dienone is 1. The van der Waals surface area contributed by atoms with Crippen LogP contribution < -0.4 is 25.2 Å². The predicted octanol–water partition coefficient (Wildman–Crippen LogP) is 2.49. The average Bonchev–Trinajstić information content (AvgIpc) is 3.64. The van der Waals surface area contributed by atoms with E-state index in [9.17, 15) is 34.2 Å². The van der Waals surface area contributed by atoms with E-state index < -0.39 is 36.5 Å². The third-order valence-corrected chi connectivity index (χ3v) is 11.7. The second-order valence-electron chi connectivity index (χ2n) is 8.95. The van der Waals surface area contributed by atoms with Crippen molar-refractivity contribution in [1.82, 2.24) is 14.0 Å². The molecule has 1 amide bonds. The number of carbonyl (C=O) groups excluding carboxylic acids is 1. The van der Waals surface area contributed by atoms with Crippen LogP contribution in [0.4, 0.5) is 5.69 Å². The molecule has 43 heavy (non-hydrogen) atoms. The quantitative estimate of drug-likeness (QED) is 0.352. The number of rotatable bonds is 7. The molecule has 0 aliphatic carbocycles. The largest absolute Gasteiger partial charge is 0.480 e. The van der Waals surface area contributed by atoms with E-state index in [1.165, 1.54) is 4.57 Å². The topological polar surface area (TPSA) is 142 Å². The Morgan fingerprint density at radius 3 is 2.28 bits per heavy atom. The van der Waals surface area contributed by atoms with Gasteiger partial charge in [-0.25, -0.2) is 0 Å². The fourth-order valence-corrected chi connectivity index (χ4v) is 9.52. The minimum Gasteiger partial charge on any atom is -0.480 e. The summed E-state index contributed by atoms with van der Waals surface area (Å²) in [5.41, 5.74) is -0.0335. The summed E-state index contributed by atoms with van der Waals surface area (Å²) in [7, 11) is 0. The van der Waals surface area contributed by atoms with Crippen molar-refractivity contribution in [1.29, 1.82) is 0 Å². The first kappa shape index (κ1) is 31.3. The van der Waals surface area contributed by atoms with Crippen LogP contribution in [0.5, 0.6) is 0 Å². The van der Waals surface area contributed by atoms with E-state index in [-0.39, 0.29) is 30.5 Å². The molecule has 2 aromatic heterocycles. The van der Waals surface area contributed by atoms with Crippen molar-refractivity contribution in [2.45, 2.75) is 31.8 Å². The van der Waals surface area contributed by atoms with Gasteiger partial charge in [-0.3, -0.25) is 38.0 Å².